The Bertz CT molecular complexity index is 815. The molecule has 0 aliphatic rings. The van der Waals surface area contributed by atoms with Gasteiger partial charge in [0.25, 0.3) is 5.91 Å². The number of nitrogens with one attached hydrogen (secondary N) is 1. The summed E-state index contributed by atoms with van der Waals surface area (Å²) < 4.78 is 6.00. The second-order valence-electron chi connectivity index (χ2n) is 4.63. The summed E-state index contributed by atoms with van der Waals surface area (Å²) in [5, 5.41) is 4.27. The van der Waals surface area contributed by atoms with Gasteiger partial charge in [-0.3, -0.25) is 4.79 Å². The number of amides is 1. The number of methoxy groups -OCH3 is 1. The number of nitrogens with zero attached hydrogens (tertiary/aromatic N) is 1. The van der Waals surface area contributed by atoms with Gasteiger partial charge >= 0.3 is 0 Å². The summed E-state index contributed by atoms with van der Waals surface area (Å²) in [6.07, 6.45) is 1.67. The third-order valence-corrected chi connectivity index (χ3v) is 4.88. The summed E-state index contributed by atoms with van der Waals surface area (Å²) in [5.74, 6) is 0.365. The number of carbonyl (C=O) groups is 1. The van der Waals surface area contributed by atoms with Gasteiger partial charge in [0.1, 0.15) is 4.88 Å². The van der Waals surface area contributed by atoms with Crippen LogP contribution in [0, 0.1) is 0 Å². The number of benzene rings is 1. The molecule has 0 unspecified atom stereocenters. The fraction of sp³-hybridized carbons (Fsp3) is 0.125. The van der Waals surface area contributed by atoms with Gasteiger partial charge in [0.15, 0.2) is 0 Å². The van der Waals surface area contributed by atoms with Gasteiger partial charge in [0.05, 0.1) is 12.1 Å². The van der Waals surface area contributed by atoms with Gasteiger partial charge in [-0.2, -0.15) is 0 Å². The zero-order chi connectivity index (χ0) is 15.5. The summed E-state index contributed by atoms with van der Waals surface area (Å²) in [6, 6.07) is 11.3. The van der Waals surface area contributed by atoms with Crippen LogP contribution in [-0.4, -0.2) is 18.0 Å². The molecule has 0 bridgehead atoms. The van der Waals surface area contributed by atoms with Crippen molar-refractivity contribution < 1.29 is 9.53 Å². The number of ether oxygens (including phenoxy) is 1. The lowest BCUT2D eigenvalue weighted by Gasteiger charge is -2.05. The number of fused-ring (bicyclic) bond motifs is 1. The topological polar surface area (TPSA) is 51.2 Å². The Kier molecular flexibility index (Phi) is 4.27. The number of aromatic nitrogens is 1. The van der Waals surface area contributed by atoms with Crippen molar-refractivity contribution in [3.8, 4) is 5.88 Å². The first-order chi connectivity index (χ1) is 10.7. The molecule has 3 aromatic rings. The molecule has 4 nitrogen and oxygen atoms in total. The van der Waals surface area contributed by atoms with E-state index in [0.717, 1.165) is 15.6 Å². The maximum Gasteiger partial charge on any atom is 0.263 e. The number of hydrogen-bond donors (Lipinski definition) is 1. The summed E-state index contributed by atoms with van der Waals surface area (Å²) in [4.78, 5) is 16.9. The zero-order valence-corrected chi connectivity index (χ0v) is 13.4. The van der Waals surface area contributed by atoms with E-state index in [0.29, 0.717) is 22.3 Å². The first-order valence-corrected chi connectivity index (χ1v) is 7.82. The van der Waals surface area contributed by atoms with Crippen LogP contribution in [0.4, 0.5) is 0 Å². The predicted octanol–water partition coefficient (Wildman–Crippen LogP) is 3.89. The highest BCUT2D eigenvalue weighted by Gasteiger charge is 2.16. The minimum Gasteiger partial charge on any atom is -0.481 e. The highest BCUT2D eigenvalue weighted by Crippen LogP contribution is 2.34. The maximum atomic E-state index is 12.3. The second kappa shape index (κ2) is 6.34. The van der Waals surface area contributed by atoms with E-state index in [-0.39, 0.29) is 5.91 Å². The van der Waals surface area contributed by atoms with Crippen molar-refractivity contribution in [2.75, 3.05) is 7.11 Å². The number of pyridine rings is 1. The molecule has 0 atom stereocenters. The van der Waals surface area contributed by atoms with E-state index in [4.69, 9.17) is 16.3 Å². The van der Waals surface area contributed by atoms with Crippen molar-refractivity contribution in [2.24, 2.45) is 0 Å². The number of thiophene rings is 1. The van der Waals surface area contributed by atoms with Crippen LogP contribution >= 0.6 is 22.9 Å². The smallest absolute Gasteiger partial charge is 0.263 e. The number of carbonyl (C=O) groups excluding carboxylic acids is 1. The molecule has 0 aliphatic carbocycles. The molecule has 0 aliphatic heterocycles. The Balaban J connectivity index is 1.74. The molecule has 2 aromatic heterocycles. The van der Waals surface area contributed by atoms with Crippen LogP contribution in [0.15, 0.2) is 42.6 Å². The molecule has 3 rings (SSSR count). The van der Waals surface area contributed by atoms with Crippen LogP contribution in [0.3, 0.4) is 0 Å². The normalized spacial score (nSPS) is 10.6. The highest BCUT2D eigenvalue weighted by atomic mass is 35.5. The van der Waals surface area contributed by atoms with Gasteiger partial charge < -0.3 is 10.1 Å². The van der Waals surface area contributed by atoms with E-state index < -0.39 is 0 Å². The molecule has 112 valence electrons. The SMILES string of the molecule is COc1ccc(CNC(=O)c2sc3ccccc3c2Cl)cn1. The molecule has 2 heterocycles. The molecule has 0 spiro atoms. The molecular weight excluding hydrogens is 320 g/mol. The van der Waals surface area contributed by atoms with Crippen molar-refractivity contribution in [3.05, 3.63) is 58.1 Å². The van der Waals surface area contributed by atoms with E-state index in [1.807, 2.05) is 30.3 Å². The zero-order valence-electron chi connectivity index (χ0n) is 11.8. The Labute approximate surface area is 136 Å². The summed E-state index contributed by atoms with van der Waals surface area (Å²) in [6.45, 7) is 0.389. The third-order valence-electron chi connectivity index (χ3n) is 3.20. The van der Waals surface area contributed by atoms with Crippen molar-refractivity contribution in [2.45, 2.75) is 6.54 Å². The van der Waals surface area contributed by atoms with Crippen molar-refractivity contribution in [1.29, 1.82) is 0 Å². The molecule has 1 aromatic carbocycles. The predicted molar refractivity (Wildman–Crippen MR) is 88.8 cm³/mol. The lowest BCUT2D eigenvalue weighted by atomic mass is 10.2. The lowest BCUT2D eigenvalue weighted by Crippen LogP contribution is -2.22. The van der Waals surface area contributed by atoms with Crippen LogP contribution in [0.1, 0.15) is 15.2 Å². The van der Waals surface area contributed by atoms with E-state index in [1.165, 1.54) is 11.3 Å². The monoisotopic (exact) mass is 332 g/mol. The van der Waals surface area contributed by atoms with Gasteiger partial charge in [0, 0.05) is 28.9 Å². The van der Waals surface area contributed by atoms with Crippen LogP contribution in [0.2, 0.25) is 5.02 Å². The van der Waals surface area contributed by atoms with Gasteiger partial charge in [-0.1, -0.05) is 35.9 Å². The van der Waals surface area contributed by atoms with Gasteiger partial charge in [-0.25, -0.2) is 4.98 Å². The molecular formula is C16H13ClN2O2S. The maximum absolute atomic E-state index is 12.3. The van der Waals surface area contributed by atoms with Gasteiger partial charge in [0.2, 0.25) is 5.88 Å². The second-order valence-corrected chi connectivity index (χ2v) is 6.06. The third kappa shape index (κ3) is 2.91. The summed E-state index contributed by atoms with van der Waals surface area (Å²) in [7, 11) is 1.56. The van der Waals surface area contributed by atoms with Crippen molar-refractivity contribution >= 4 is 38.9 Å². The molecule has 0 saturated heterocycles. The fourth-order valence-electron chi connectivity index (χ4n) is 2.06. The standard InChI is InChI=1S/C16H13ClN2O2S/c1-21-13-7-6-10(8-18-13)9-19-16(20)15-14(17)11-4-2-3-5-12(11)22-15/h2-8H,9H2,1H3,(H,19,20). The number of rotatable bonds is 4. The largest absolute Gasteiger partial charge is 0.481 e. The van der Waals surface area contributed by atoms with E-state index in [2.05, 4.69) is 10.3 Å². The lowest BCUT2D eigenvalue weighted by molar-refractivity contribution is 0.0955. The molecule has 6 heteroatoms. The minimum atomic E-state index is -0.179. The molecule has 1 N–H and O–H groups in total. The summed E-state index contributed by atoms with van der Waals surface area (Å²) >= 11 is 7.69. The van der Waals surface area contributed by atoms with Crippen LogP contribution in [0.25, 0.3) is 10.1 Å². The van der Waals surface area contributed by atoms with Crippen LogP contribution in [-0.2, 0) is 6.54 Å². The highest BCUT2D eigenvalue weighted by molar-refractivity contribution is 7.21. The molecule has 0 radical (unpaired) electrons. The Morgan fingerprint density at radius 3 is 2.82 bits per heavy atom. The van der Waals surface area contributed by atoms with E-state index in [1.54, 1.807) is 19.4 Å². The fourth-order valence-corrected chi connectivity index (χ4v) is 3.49. The molecule has 1 amide bonds. The average molecular weight is 333 g/mol. The number of halogens is 1. The molecule has 0 fully saturated rings. The Hall–Kier alpha value is -2.11. The number of hydrogen-bond acceptors (Lipinski definition) is 4. The first kappa shape index (κ1) is 14.8. The van der Waals surface area contributed by atoms with Crippen LogP contribution in [0.5, 0.6) is 5.88 Å². The van der Waals surface area contributed by atoms with Gasteiger partial charge in [-0.05, 0) is 11.6 Å². The molecule has 0 saturated carbocycles. The van der Waals surface area contributed by atoms with E-state index >= 15 is 0 Å². The quantitative estimate of drug-likeness (QED) is 0.788. The summed E-state index contributed by atoms with van der Waals surface area (Å²) in [5.41, 5.74) is 0.895. The molecule has 22 heavy (non-hydrogen) atoms. The average Bonchev–Trinajstić information content (AvgIpc) is 2.90. The Morgan fingerprint density at radius 1 is 1.32 bits per heavy atom. The van der Waals surface area contributed by atoms with Gasteiger partial charge in [-0.15, -0.1) is 11.3 Å². The van der Waals surface area contributed by atoms with Crippen molar-refractivity contribution in [1.82, 2.24) is 10.3 Å². The van der Waals surface area contributed by atoms with Crippen LogP contribution < -0.4 is 10.1 Å². The Morgan fingerprint density at radius 2 is 2.14 bits per heavy atom. The first-order valence-electron chi connectivity index (χ1n) is 6.63. The van der Waals surface area contributed by atoms with Crippen molar-refractivity contribution in [3.63, 3.8) is 0 Å². The minimum absolute atomic E-state index is 0.179. The van der Waals surface area contributed by atoms with E-state index in [9.17, 15) is 4.79 Å².